The highest BCUT2D eigenvalue weighted by Gasteiger charge is 2.34. The molecule has 4 heteroatoms. The molecule has 94 valence electrons. The summed E-state index contributed by atoms with van der Waals surface area (Å²) in [5.41, 5.74) is 1.96. The molecule has 0 radical (unpaired) electrons. The van der Waals surface area contributed by atoms with Crippen LogP contribution in [0.15, 0.2) is 48.8 Å². The van der Waals surface area contributed by atoms with Crippen molar-refractivity contribution in [3.05, 3.63) is 65.5 Å². The molecule has 0 aliphatic carbocycles. The molecular weight excluding hydrogens is 240 g/mol. The molecule has 0 unspecified atom stereocenters. The van der Waals surface area contributed by atoms with Gasteiger partial charge in [-0.15, -0.1) is 0 Å². The molecule has 2 amide bonds. The van der Waals surface area contributed by atoms with Gasteiger partial charge in [-0.05, 0) is 18.1 Å². The topological polar surface area (TPSA) is 50.3 Å². The van der Waals surface area contributed by atoms with Crippen LogP contribution in [0.3, 0.4) is 0 Å². The van der Waals surface area contributed by atoms with Gasteiger partial charge in [0.1, 0.15) is 0 Å². The molecule has 1 aliphatic rings. The highest BCUT2D eigenvalue weighted by atomic mass is 16.2. The van der Waals surface area contributed by atoms with Crippen molar-refractivity contribution in [3.8, 4) is 0 Å². The Hall–Kier alpha value is -2.49. The number of rotatable bonds is 3. The van der Waals surface area contributed by atoms with E-state index in [-0.39, 0.29) is 11.8 Å². The van der Waals surface area contributed by atoms with Crippen molar-refractivity contribution in [2.24, 2.45) is 0 Å². The van der Waals surface area contributed by atoms with Crippen LogP contribution in [-0.4, -0.2) is 28.2 Å². The Kier molecular flexibility index (Phi) is 2.83. The minimum Gasteiger partial charge on any atom is -0.274 e. The van der Waals surface area contributed by atoms with Gasteiger partial charge >= 0.3 is 0 Å². The number of aromatic nitrogens is 1. The maximum Gasteiger partial charge on any atom is 0.263 e. The first-order chi connectivity index (χ1) is 9.27. The fraction of sp³-hybridized carbons (Fsp3) is 0.133. The van der Waals surface area contributed by atoms with Gasteiger partial charge in [-0.2, -0.15) is 0 Å². The van der Waals surface area contributed by atoms with Crippen molar-refractivity contribution >= 4 is 11.8 Å². The van der Waals surface area contributed by atoms with Crippen LogP contribution in [0, 0.1) is 0 Å². The van der Waals surface area contributed by atoms with E-state index in [1.807, 2.05) is 30.3 Å². The molecule has 1 aliphatic heterocycles. The van der Waals surface area contributed by atoms with E-state index < -0.39 is 0 Å². The van der Waals surface area contributed by atoms with Gasteiger partial charge in [0.25, 0.3) is 11.8 Å². The van der Waals surface area contributed by atoms with Gasteiger partial charge in [0, 0.05) is 18.9 Å². The van der Waals surface area contributed by atoms with Crippen molar-refractivity contribution in [1.82, 2.24) is 9.88 Å². The summed E-state index contributed by atoms with van der Waals surface area (Å²) in [4.78, 5) is 29.4. The molecule has 0 N–H and O–H groups in total. The van der Waals surface area contributed by atoms with Crippen LogP contribution in [0.25, 0.3) is 0 Å². The Balaban J connectivity index is 1.78. The predicted octanol–water partition coefficient (Wildman–Crippen LogP) is 1.92. The molecule has 2 heterocycles. The number of imide groups is 1. The minimum atomic E-state index is -0.246. The fourth-order valence-corrected chi connectivity index (χ4v) is 2.22. The molecule has 1 aromatic heterocycles. The Morgan fingerprint density at radius 3 is 2.42 bits per heavy atom. The molecule has 1 aromatic carbocycles. The summed E-state index contributed by atoms with van der Waals surface area (Å²) in [6, 6.07) is 11.4. The first kappa shape index (κ1) is 11.6. The second-order valence-electron chi connectivity index (χ2n) is 4.42. The Bertz CT molecular complexity index is 603. The number of pyridine rings is 1. The number of benzene rings is 1. The highest BCUT2D eigenvalue weighted by Crippen LogP contribution is 2.21. The van der Waals surface area contributed by atoms with Crippen LogP contribution < -0.4 is 0 Å². The Morgan fingerprint density at radius 1 is 0.947 bits per heavy atom. The summed E-state index contributed by atoms with van der Waals surface area (Å²) in [5, 5.41) is 0. The van der Waals surface area contributed by atoms with Crippen molar-refractivity contribution in [3.63, 3.8) is 0 Å². The van der Waals surface area contributed by atoms with Crippen LogP contribution in [0.2, 0.25) is 0 Å². The van der Waals surface area contributed by atoms with E-state index in [1.165, 1.54) is 17.3 Å². The predicted molar refractivity (Wildman–Crippen MR) is 69.8 cm³/mol. The van der Waals surface area contributed by atoms with E-state index in [0.29, 0.717) is 24.1 Å². The highest BCUT2D eigenvalue weighted by molar-refractivity contribution is 6.21. The summed E-state index contributed by atoms with van der Waals surface area (Å²) in [6.07, 6.45) is 3.66. The van der Waals surface area contributed by atoms with Crippen LogP contribution in [0.1, 0.15) is 26.3 Å². The number of fused-ring (bicyclic) bond motifs is 1. The number of carbonyl (C=O) groups excluding carboxylic acids is 2. The maximum atomic E-state index is 12.1. The lowest BCUT2D eigenvalue weighted by Crippen LogP contribution is -2.31. The summed E-state index contributed by atoms with van der Waals surface area (Å²) in [5.74, 6) is -0.470. The zero-order valence-electron chi connectivity index (χ0n) is 10.2. The van der Waals surface area contributed by atoms with E-state index in [4.69, 9.17) is 0 Å². The molecule has 0 saturated carbocycles. The third-order valence-corrected chi connectivity index (χ3v) is 3.24. The van der Waals surface area contributed by atoms with Crippen molar-refractivity contribution in [2.45, 2.75) is 6.42 Å². The first-order valence-corrected chi connectivity index (χ1v) is 6.11. The Morgan fingerprint density at radius 2 is 1.68 bits per heavy atom. The van der Waals surface area contributed by atoms with Gasteiger partial charge in [-0.25, -0.2) is 0 Å². The third-order valence-electron chi connectivity index (χ3n) is 3.24. The Labute approximate surface area is 110 Å². The van der Waals surface area contributed by atoms with Crippen LogP contribution in [0.4, 0.5) is 0 Å². The summed E-state index contributed by atoms with van der Waals surface area (Å²) < 4.78 is 0. The van der Waals surface area contributed by atoms with Crippen LogP contribution in [0.5, 0.6) is 0 Å². The smallest absolute Gasteiger partial charge is 0.263 e. The van der Waals surface area contributed by atoms with E-state index in [2.05, 4.69) is 4.98 Å². The molecule has 0 fully saturated rings. The zero-order valence-corrected chi connectivity index (χ0v) is 10.2. The lowest BCUT2D eigenvalue weighted by atomic mass is 10.1. The number of amides is 2. The van der Waals surface area contributed by atoms with E-state index in [9.17, 15) is 9.59 Å². The third kappa shape index (κ3) is 2.01. The normalized spacial score (nSPS) is 13.8. The summed E-state index contributed by atoms with van der Waals surface area (Å²) >= 11 is 0. The fourth-order valence-electron chi connectivity index (χ4n) is 2.22. The average Bonchev–Trinajstić information content (AvgIpc) is 2.71. The molecular formula is C15H12N2O2. The van der Waals surface area contributed by atoms with E-state index in [1.54, 1.807) is 6.07 Å². The van der Waals surface area contributed by atoms with Gasteiger partial charge < -0.3 is 0 Å². The molecule has 19 heavy (non-hydrogen) atoms. The summed E-state index contributed by atoms with van der Waals surface area (Å²) in [6.45, 7) is 0.399. The first-order valence-electron chi connectivity index (χ1n) is 6.11. The van der Waals surface area contributed by atoms with Gasteiger partial charge in [0.2, 0.25) is 0 Å². The van der Waals surface area contributed by atoms with Gasteiger partial charge in [-0.3, -0.25) is 19.5 Å². The molecule has 0 bridgehead atoms. The largest absolute Gasteiger partial charge is 0.274 e. The average molecular weight is 252 g/mol. The van der Waals surface area contributed by atoms with Crippen LogP contribution in [-0.2, 0) is 6.42 Å². The molecule has 0 spiro atoms. The van der Waals surface area contributed by atoms with Crippen molar-refractivity contribution < 1.29 is 9.59 Å². The van der Waals surface area contributed by atoms with Crippen molar-refractivity contribution in [2.75, 3.05) is 6.54 Å². The SMILES string of the molecule is O=C1c2ccncc2C(=O)N1CCc1ccccc1. The van der Waals surface area contributed by atoms with E-state index >= 15 is 0 Å². The molecule has 0 atom stereocenters. The quantitative estimate of drug-likeness (QED) is 0.784. The van der Waals surface area contributed by atoms with Crippen LogP contribution >= 0.6 is 0 Å². The number of hydrogen-bond donors (Lipinski definition) is 0. The van der Waals surface area contributed by atoms with Gasteiger partial charge in [-0.1, -0.05) is 30.3 Å². The summed E-state index contributed by atoms with van der Waals surface area (Å²) in [7, 11) is 0. The number of nitrogens with zero attached hydrogens (tertiary/aromatic N) is 2. The number of hydrogen-bond acceptors (Lipinski definition) is 3. The second kappa shape index (κ2) is 4.65. The molecule has 4 nitrogen and oxygen atoms in total. The second-order valence-corrected chi connectivity index (χ2v) is 4.42. The van der Waals surface area contributed by atoms with E-state index in [0.717, 1.165) is 5.56 Å². The zero-order chi connectivity index (χ0) is 13.2. The number of carbonyl (C=O) groups is 2. The standard InChI is InChI=1S/C15H12N2O2/c18-14-12-6-8-16-10-13(12)15(19)17(14)9-7-11-4-2-1-3-5-11/h1-6,8,10H,7,9H2. The lowest BCUT2D eigenvalue weighted by molar-refractivity contribution is 0.0656. The van der Waals surface area contributed by atoms with Gasteiger partial charge in [0.05, 0.1) is 11.1 Å². The maximum absolute atomic E-state index is 12.1. The molecule has 2 aromatic rings. The molecule has 3 rings (SSSR count). The van der Waals surface area contributed by atoms with Gasteiger partial charge in [0.15, 0.2) is 0 Å². The molecule has 0 saturated heterocycles. The monoisotopic (exact) mass is 252 g/mol. The van der Waals surface area contributed by atoms with Crippen molar-refractivity contribution in [1.29, 1.82) is 0 Å². The lowest BCUT2D eigenvalue weighted by Gasteiger charge is -2.13. The minimum absolute atomic E-state index is 0.224.